The Morgan fingerprint density at radius 3 is 2.93 bits per heavy atom. The molecule has 1 atom stereocenters. The van der Waals surface area contributed by atoms with Gasteiger partial charge in [0.25, 0.3) is 0 Å². The van der Waals surface area contributed by atoms with Crippen molar-refractivity contribution in [3.05, 3.63) is 53.3 Å². The van der Waals surface area contributed by atoms with Crippen LogP contribution in [0.25, 0.3) is 5.69 Å². The van der Waals surface area contributed by atoms with Crippen LogP contribution in [0.15, 0.2) is 47.0 Å². The molecule has 1 aromatic carbocycles. The lowest BCUT2D eigenvalue weighted by Crippen LogP contribution is -2.66. The molecule has 0 amide bonds. The molecule has 0 bridgehead atoms. The van der Waals surface area contributed by atoms with Gasteiger partial charge in [-0.1, -0.05) is 6.07 Å². The number of amidine groups is 1. The largest absolute Gasteiger partial charge is 0.495 e. The van der Waals surface area contributed by atoms with Crippen LogP contribution < -0.4 is 21.1 Å². The van der Waals surface area contributed by atoms with Crippen LogP contribution >= 0.6 is 0 Å². The van der Waals surface area contributed by atoms with Crippen molar-refractivity contribution in [2.75, 3.05) is 27.4 Å². The second-order valence-electron chi connectivity index (χ2n) is 6.70. The zero-order valence-corrected chi connectivity index (χ0v) is 15.7. The van der Waals surface area contributed by atoms with Gasteiger partial charge in [0.05, 0.1) is 38.0 Å². The summed E-state index contributed by atoms with van der Waals surface area (Å²) in [5.74, 6) is 0.473. The second-order valence-corrected chi connectivity index (χ2v) is 6.70. The number of aryl methyl sites for hydroxylation is 1. The third kappa shape index (κ3) is 3.07. The van der Waals surface area contributed by atoms with E-state index in [2.05, 4.69) is 20.6 Å². The molecule has 2 aliphatic rings. The van der Waals surface area contributed by atoms with Crippen molar-refractivity contribution >= 4 is 5.84 Å². The molecule has 0 saturated heterocycles. The maximum Gasteiger partial charge on any atom is 0.190 e. The molecule has 0 radical (unpaired) electrons. The Balaban J connectivity index is 1.73. The number of nitrogens with zero attached hydrogens (tertiary/aromatic N) is 3. The highest BCUT2D eigenvalue weighted by Gasteiger charge is 2.37. The molecule has 0 fully saturated rings. The van der Waals surface area contributed by atoms with E-state index >= 15 is 0 Å². The van der Waals surface area contributed by atoms with Crippen LogP contribution in [0.4, 0.5) is 0 Å². The van der Waals surface area contributed by atoms with Crippen LogP contribution in [0.2, 0.25) is 0 Å². The van der Waals surface area contributed by atoms with E-state index in [9.17, 15) is 0 Å². The van der Waals surface area contributed by atoms with Gasteiger partial charge in [0.15, 0.2) is 5.79 Å². The smallest absolute Gasteiger partial charge is 0.190 e. The molecule has 4 rings (SSSR count). The van der Waals surface area contributed by atoms with Gasteiger partial charge < -0.3 is 24.7 Å². The lowest BCUT2D eigenvalue weighted by atomic mass is 9.99. The summed E-state index contributed by atoms with van der Waals surface area (Å²) in [5.41, 5.74) is 11.5. The third-order valence-corrected chi connectivity index (χ3v) is 4.91. The first-order valence-electron chi connectivity index (χ1n) is 8.85. The van der Waals surface area contributed by atoms with Crippen LogP contribution in [0.5, 0.6) is 5.75 Å². The van der Waals surface area contributed by atoms with E-state index in [0.29, 0.717) is 19.0 Å². The molecule has 142 valence electrons. The van der Waals surface area contributed by atoms with Crippen molar-refractivity contribution in [3.8, 4) is 11.4 Å². The highest BCUT2D eigenvalue weighted by molar-refractivity contribution is 6.00. The number of hydrogen-bond acceptors (Lipinski definition) is 6. The van der Waals surface area contributed by atoms with Crippen molar-refractivity contribution < 1.29 is 9.47 Å². The Labute approximate surface area is 158 Å². The van der Waals surface area contributed by atoms with Gasteiger partial charge in [-0.25, -0.2) is 4.98 Å². The number of aliphatic imine (C=N–C) groups is 1. The molecule has 2 aliphatic heterocycles. The van der Waals surface area contributed by atoms with Crippen molar-refractivity contribution in [3.63, 3.8) is 0 Å². The maximum atomic E-state index is 6.72. The summed E-state index contributed by atoms with van der Waals surface area (Å²) >= 11 is 0. The number of aromatic nitrogens is 2. The molecule has 0 saturated carbocycles. The summed E-state index contributed by atoms with van der Waals surface area (Å²) in [7, 11) is 3.40. The van der Waals surface area contributed by atoms with Gasteiger partial charge in [-0.3, -0.25) is 10.7 Å². The Kier molecular flexibility index (Phi) is 4.37. The number of methoxy groups -OCH3 is 1. The third-order valence-electron chi connectivity index (χ3n) is 4.91. The SMILES string of the molecule is CN=C1NC(N)(c2ccc(-n3cnc(C)c3)c(OC)c2)NC2=C1COCC2. The van der Waals surface area contributed by atoms with Gasteiger partial charge in [-0.15, -0.1) is 0 Å². The van der Waals surface area contributed by atoms with E-state index in [1.54, 1.807) is 20.5 Å². The van der Waals surface area contributed by atoms with Gasteiger partial charge in [0.2, 0.25) is 0 Å². The van der Waals surface area contributed by atoms with Crippen molar-refractivity contribution in [2.45, 2.75) is 19.1 Å². The minimum absolute atomic E-state index is 0.528. The van der Waals surface area contributed by atoms with Gasteiger partial charge in [0, 0.05) is 36.5 Å². The number of nitrogens with one attached hydrogen (secondary N) is 2. The van der Waals surface area contributed by atoms with E-state index in [-0.39, 0.29) is 0 Å². The average Bonchev–Trinajstić information content (AvgIpc) is 3.12. The van der Waals surface area contributed by atoms with Crippen LogP contribution in [0.1, 0.15) is 17.7 Å². The van der Waals surface area contributed by atoms with Gasteiger partial charge in [-0.2, -0.15) is 0 Å². The van der Waals surface area contributed by atoms with Crippen LogP contribution in [-0.2, 0) is 10.5 Å². The normalized spacial score (nSPS) is 23.6. The van der Waals surface area contributed by atoms with Gasteiger partial charge in [-0.05, 0) is 19.1 Å². The summed E-state index contributed by atoms with van der Waals surface area (Å²) < 4.78 is 13.1. The second kappa shape index (κ2) is 6.71. The Morgan fingerprint density at radius 2 is 2.22 bits per heavy atom. The first-order valence-corrected chi connectivity index (χ1v) is 8.85. The van der Waals surface area contributed by atoms with E-state index in [1.165, 1.54) is 0 Å². The summed E-state index contributed by atoms with van der Waals surface area (Å²) in [6, 6.07) is 5.89. The van der Waals surface area contributed by atoms with E-state index < -0.39 is 5.79 Å². The fourth-order valence-corrected chi connectivity index (χ4v) is 3.49. The minimum atomic E-state index is -0.984. The highest BCUT2D eigenvalue weighted by atomic mass is 16.5. The molecule has 0 aliphatic carbocycles. The van der Waals surface area contributed by atoms with E-state index in [4.69, 9.17) is 15.2 Å². The lowest BCUT2D eigenvalue weighted by molar-refractivity contribution is 0.139. The van der Waals surface area contributed by atoms with Crippen molar-refractivity contribution in [1.29, 1.82) is 0 Å². The maximum absolute atomic E-state index is 6.72. The monoisotopic (exact) mass is 368 g/mol. The number of rotatable bonds is 3. The zero-order valence-electron chi connectivity index (χ0n) is 15.7. The van der Waals surface area contributed by atoms with Crippen LogP contribution in [-0.4, -0.2) is 42.8 Å². The molecule has 1 unspecified atom stereocenters. The van der Waals surface area contributed by atoms with Crippen molar-refractivity contribution in [2.24, 2.45) is 10.7 Å². The Morgan fingerprint density at radius 1 is 1.37 bits per heavy atom. The Hall–Kier alpha value is -2.84. The summed E-state index contributed by atoms with van der Waals surface area (Å²) in [6.07, 6.45) is 4.50. The molecule has 3 heterocycles. The molecule has 1 aromatic heterocycles. The number of ether oxygens (including phenoxy) is 2. The molecule has 27 heavy (non-hydrogen) atoms. The molecule has 0 spiro atoms. The fourth-order valence-electron chi connectivity index (χ4n) is 3.49. The minimum Gasteiger partial charge on any atom is -0.495 e. The number of hydrogen-bond donors (Lipinski definition) is 3. The predicted octanol–water partition coefficient (Wildman–Crippen LogP) is 1.15. The average molecular weight is 368 g/mol. The topological polar surface area (TPSA) is 98.7 Å². The molecule has 2 aromatic rings. The number of nitrogens with two attached hydrogens (primary N) is 1. The first kappa shape index (κ1) is 17.6. The predicted molar refractivity (Wildman–Crippen MR) is 103 cm³/mol. The molecule has 8 heteroatoms. The van der Waals surface area contributed by atoms with E-state index in [1.807, 2.05) is 35.9 Å². The van der Waals surface area contributed by atoms with Crippen molar-refractivity contribution in [1.82, 2.24) is 20.2 Å². The number of imidazole rings is 1. The summed E-state index contributed by atoms with van der Waals surface area (Å²) in [4.78, 5) is 8.65. The fraction of sp³-hybridized carbons (Fsp3) is 0.368. The summed E-state index contributed by atoms with van der Waals surface area (Å²) in [6.45, 7) is 3.15. The highest BCUT2D eigenvalue weighted by Crippen LogP contribution is 2.30. The zero-order chi connectivity index (χ0) is 19.0. The molecule has 8 nitrogen and oxygen atoms in total. The van der Waals surface area contributed by atoms with Crippen LogP contribution in [0.3, 0.4) is 0 Å². The van der Waals surface area contributed by atoms with Gasteiger partial charge in [0.1, 0.15) is 11.6 Å². The standard InChI is InChI=1S/C19H24N6O2/c1-12-9-25(11-22-12)16-5-4-13(8-17(16)26-3)19(20)23-15-6-7-27-10-14(15)18(21-2)24-19/h4-5,8-9,11,23H,6-7,10,20H2,1-3H3,(H,21,24). The van der Waals surface area contributed by atoms with E-state index in [0.717, 1.165) is 40.5 Å². The molecule has 4 N–H and O–H groups in total. The number of benzene rings is 1. The summed E-state index contributed by atoms with van der Waals surface area (Å²) in [5, 5.41) is 6.75. The van der Waals surface area contributed by atoms with Crippen LogP contribution in [0, 0.1) is 6.92 Å². The van der Waals surface area contributed by atoms with Gasteiger partial charge >= 0.3 is 0 Å². The first-order chi connectivity index (χ1) is 13.0. The lowest BCUT2D eigenvalue weighted by Gasteiger charge is -2.42. The quantitative estimate of drug-likeness (QED) is 0.752. The Bertz CT molecular complexity index is 932. The molecular weight excluding hydrogens is 344 g/mol. The molecular formula is C19H24N6O2.